The van der Waals surface area contributed by atoms with Crippen LogP contribution in [0.15, 0.2) is 24.3 Å². The molecular weight excluding hydrogens is 266 g/mol. The molecule has 0 aromatic heterocycles. The van der Waals surface area contributed by atoms with Gasteiger partial charge in [-0.05, 0) is 49.7 Å². The van der Waals surface area contributed by atoms with Crippen LogP contribution in [0, 0.1) is 11.8 Å². The minimum absolute atomic E-state index is 0.00990. The Balaban J connectivity index is 1.51. The maximum atomic E-state index is 12.3. The fraction of sp³-hybridized carbons (Fsp3) is 0.529. The van der Waals surface area contributed by atoms with Crippen molar-refractivity contribution in [3.05, 3.63) is 35.4 Å². The molecule has 0 spiro atoms. The number of fused-ring (bicyclic) bond motifs is 1. The van der Waals surface area contributed by atoms with Crippen molar-refractivity contribution in [1.29, 1.82) is 0 Å². The quantitative estimate of drug-likeness (QED) is 0.895. The predicted octanol–water partition coefficient (Wildman–Crippen LogP) is 2.16. The number of carbonyl (C=O) groups is 2. The Labute approximate surface area is 124 Å². The summed E-state index contributed by atoms with van der Waals surface area (Å²) >= 11 is 0. The number of amides is 1. The number of carbonyl (C=O) groups excluding carboxylic acids is 1. The van der Waals surface area contributed by atoms with E-state index in [0.717, 1.165) is 12.8 Å². The van der Waals surface area contributed by atoms with Crippen LogP contribution in [0.3, 0.4) is 0 Å². The number of hydrogen-bond acceptors (Lipinski definition) is 2. The molecule has 1 saturated carbocycles. The van der Waals surface area contributed by atoms with Crippen LogP contribution >= 0.6 is 0 Å². The molecule has 1 amide bonds. The number of aliphatic carboxylic acids is 1. The summed E-state index contributed by atoms with van der Waals surface area (Å²) < 4.78 is 0. The second kappa shape index (κ2) is 5.88. The van der Waals surface area contributed by atoms with Gasteiger partial charge in [-0.15, -0.1) is 0 Å². The maximum absolute atomic E-state index is 12.3. The van der Waals surface area contributed by atoms with Crippen molar-refractivity contribution in [1.82, 2.24) is 5.32 Å². The predicted molar refractivity (Wildman–Crippen MR) is 78.9 cm³/mol. The van der Waals surface area contributed by atoms with Gasteiger partial charge in [-0.25, -0.2) is 0 Å². The van der Waals surface area contributed by atoms with E-state index in [1.54, 1.807) is 0 Å². The minimum atomic E-state index is -0.722. The number of carboxylic acid groups (broad SMARTS) is 1. The van der Waals surface area contributed by atoms with Crippen LogP contribution in [0.1, 0.15) is 36.8 Å². The van der Waals surface area contributed by atoms with Crippen molar-refractivity contribution in [2.75, 3.05) is 0 Å². The first-order chi connectivity index (χ1) is 10.1. The molecule has 0 heterocycles. The summed E-state index contributed by atoms with van der Waals surface area (Å²) in [5, 5.41) is 12.1. The Morgan fingerprint density at radius 3 is 2.00 bits per heavy atom. The Morgan fingerprint density at radius 1 is 0.952 bits per heavy atom. The van der Waals surface area contributed by atoms with E-state index in [4.69, 9.17) is 5.11 Å². The van der Waals surface area contributed by atoms with E-state index in [2.05, 4.69) is 17.4 Å². The summed E-state index contributed by atoms with van der Waals surface area (Å²) in [7, 11) is 0. The van der Waals surface area contributed by atoms with Gasteiger partial charge in [0, 0.05) is 12.0 Å². The summed E-state index contributed by atoms with van der Waals surface area (Å²) in [4.78, 5) is 23.3. The Bertz CT molecular complexity index is 522. The molecular formula is C17H21NO3. The zero-order valence-electron chi connectivity index (χ0n) is 12.0. The summed E-state index contributed by atoms with van der Waals surface area (Å²) in [6.07, 6.45) is 4.46. The largest absolute Gasteiger partial charge is 0.481 e. The molecule has 0 saturated heterocycles. The Kier molecular flexibility index (Phi) is 3.95. The molecule has 1 aromatic carbocycles. The van der Waals surface area contributed by atoms with E-state index < -0.39 is 5.97 Å². The number of rotatable bonds is 3. The van der Waals surface area contributed by atoms with Gasteiger partial charge in [-0.2, -0.15) is 0 Å². The molecule has 2 aliphatic carbocycles. The molecule has 0 aliphatic heterocycles. The van der Waals surface area contributed by atoms with E-state index in [1.807, 2.05) is 12.1 Å². The minimum Gasteiger partial charge on any atom is -0.481 e. The van der Waals surface area contributed by atoms with E-state index in [1.165, 1.54) is 11.1 Å². The fourth-order valence-electron chi connectivity index (χ4n) is 3.58. The molecule has 4 heteroatoms. The standard InChI is InChI=1S/C17H21NO3/c19-16(11-5-7-12(8-6-11)17(20)21)18-15-9-13-3-1-2-4-14(13)10-15/h1-4,11-12,15H,5-10H2,(H,18,19)(H,20,21). The highest BCUT2D eigenvalue weighted by Gasteiger charge is 2.31. The first-order valence-corrected chi connectivity index (χ1v) is 7.73. The molecule has 0 bridgehead atoms. The lowest BCUT2D eigenvalue weighted by atomic mass is 9.81. The van der Waals surface area contributed by atoms with Crippen molar-refractivity contribution in [3.63, 3.8) is 0 Å². The zero-order chi connectivity index (χ0) is 14.8. The zero-order valence-corrected chi connectivity index (χ0v) is 12.0. The maximum Gasteiger partial charge on any atom is 0.306 e. The van der Waals surface area contributed by atoms with Crippen molar-refractivity contribution < 1.29 is 14.7 Å². The molecule has 0 radical (unpaired) electrons. The average molecular weight is 287 g/mol. The van der Waals surface area contributed by atoms with E-state index in [0.29, 0.717) is 25.7 Å². The van der Waals surface area contributed by atoms with Crippen molar-refractivity contribution >= 4 is 11.9 Å². The van der Waals surface area contributed by atoms with E-state index >= 15 is 0 Å². The molecule has 1 aromatic rings. The molecule has 2 aliphatic rings. The summed E-state index contributed by atoms with van der Waals surface area (Å²) in [5.74, 6) is -0.883. The lowest BCUT2D eigenvalue weighted by molar-refractivity contribution is -0.144. The van der Waals surface area contributed by atoms with Crippen LogP contribution in [-0.4, -0.2) is 23.0 Å². The third-order valence-electron chi connectivity index (χ3n) is 4.84. The van der Waals surface area contributed by atoms with Gasteiger partial charge in [0.05, 0.1) is 5.92 Å². The molecule has 21 heavy (non-hydrogen) atoms. The number of hydrogen-bond donors (Lipinski definition) is 2. The van der Waals surface area contributed by atoms with E-state index in [9.17, 15) is 9.59 Å². The molecule has 3 rings (SSSR count). The Morgan fingerprint density at radius 2 is 1.48 bits per heavy atom. The first-order valence-electron chi connectivity index (χ1n) is 7.73. The van der Waals surface area contributed by atoms with Gasteiger partial charge in [0.15, 0.2) is 0 Å². The van der Waals surface area contributed by atoms with Crippen LogP contribution in [0.25, 0.3) is 0 Å². The first kappa shape index (κ1) is 14.1. The second-order valence-electron chi connectivity index (χ2n) is 6.27. The lowest BCUT2D eigenvalue weighted by Crippen LogP contribution is -2.41. The highest BCUT2D eigenvalue weighted by Crippen LogP contribution is 2.29. The van der Waals surface area contributed by atoms with Crippen molar-refractivity contribution in [2.24, 2.45) is 11.8 Å². The van der Waals surface area contributed by atoms with Gasteiger partial charge in [0.25, 0.3) is 0 Å². The smallest absolute Gasteiger partial charge is 0.306 e. The van der Waals surface area contributed by atoms with Crippen molar-refractivity contribution in [2.45, 2.75) is 44.6 Å². The van der Waals surface area contributed by atoms with Crippen LogP contribution < -0.4 is 5.32 Å². The third kappa shape index (κ3) is 3.09. The van der Waals surface area contributed by atoms with Gasteiger partial charge in [0.2, 0.25) is 5.91 Å². The summed E-state index contributed by atoms with van der Waals surface area (Å²) in [6.45, 7) is 0. The summed E-state index contributed by atoms with van der Waals surface area (Å²) in [5.41, 5.74) is 2.66. The average Bonchev–Trinajstić information content (AvgIpc) is 2.89. The fourth-order valence-corrected chi connectivity index (χ4v) is 3.58. The summed E-state index contributed by atoms with van der Waals surface area (Å²) in [6, 6.07) is 8.53. The normalized spacial score (nSPS) is 25.3. The SMILES string of the molecule is O=C(O)C1CCC(C(=O)NC2Cc3ccccc3C2)CC1. The monoisotopic (exact) mass is 287 g/mol. The van der Waals surface area contributed by atoms with Gasteiger partial charge >= 0.3 is 5.97 Å². The number of carboxylic acids is 1. The molecule has 112 valence electrons. The molecule has 2 N–H and O–H groups in total. The van der Waals surface area contributed by atoms with Gasteiger partial charge < -0.3 is 10.4 Å². The highest BCUT2D eigenvalue weighted by atomic mass is 16.4. The molecule has 0 atom stereocenters. The third-order valence-corrected chi connectivity index (χ3v) is 4.84. The van der Waals surface area contributed by atoms with Gasteiger partial charge in [-0.1, -0.05) is 24.3 Å². The van der Waals surface area contributed by atoms with Crippen LogP contribution in [0.4, 0.5) is 0 Å². The number of nitrogens with one attached hydrogen (secondary N) is 1. The highest BCUT2D eigenvalue weighted by molar-refractivity contribution is 5.79. The topological polar surface area (TPSA) is 66.4 Å². The molecule has 1 fully saturated rings. The van der Waals surface area contributed by atoms with Gasteiger partial charge in [-0.3, -0.25) is 9.59 Å². The van der Waals surface area contributed by atoms with Crippen LogP contribution in [-0.2, 0) is 22.4 Å². The molecule has 0 unspecified atom stereocenters. The number of benzene rings is 1. The van der Waals surface area contributed by atoms with E-state index in [-0.39, 0.29) is 23.8 Å². The van der Waals surface area contributed by atoms with Crippen LogP contribution in [0.5, 0.6) is 0 Å². The van der Waals surface area contributed by atoms with Crippen LogP contribution in [0.2, 0.25) is 0 Å². The lowest BCUT2D eigenvalue weighted by Gasteiger charge is -2.26. The van der Waals surface area contributed by atoms with Crippen molar-refractivity contribution in [3.8, 4) is 0 Å². The second-order valence-corrected chi connectivity index (χ2v) is 6.27. The molecule has 4 nitrogen and oxygen atoms in total. The Hall–Kier alpha value is -1.84. The van der Waals surface area contributed by atoms with Gasteiger partial charge in [0.1, 0.15) is 0 Å².